The van der Waals surface area contributed by atoms with Gasteiger partial charge in [-0.15, -0.1) is 16.9 Å². The average Bonchev–Trinajstić information content (AvgIpc) is 3.28. The number of rotatable bonds is 8. The molecule has 0 unspecified atom stereocenters. The van der Waals surface area contributed by atoms with Crippen LogP contribution >= 0.6 is 23.5 Å². The summed E-state index contributed by atoms with van der Waals surface area (Å²) in [4.78, 5) is 13.0. The Labute approximate surface area is 191 Å². The minimum absolute atomic E-state index is 0.139. The molecule has 4 aromatic rings. The minimum atomic E-state index is -0.698. The van der Waals surface area contributed by atoms with E-state index in [0.29, 0.717) is 0 Å². The van der Waals surface area contributed by atoms with Crippen LogP contribution in [-0.4, -0.2) is 31.6 Å². The molecular formula is C25H23N3OS2. The molecule has 0 radical (unpaired) electrons. The number of benzene rings is 3. The van der Waals surface area contributed by atoms with Gasteiger partial charge in [0.2, 0.25) is 0 Å². The van der Waals surface area contributed by atoms with Crippen molar-refractivity contribution in [3.05, 3.63) is 114 Å². The molecule has 0 aliphatic carbocycles. The maximum absolute atomic E-state index is 11.2. The summed E-state index contributed by atoms with van der Waals surface area (Å²) in [5.41, 5.74) is 2.57. The highest BCUT2D eigenvalue weighted by molar-refractivity contribution is 8.14. The fraction of sp³-hybridized carbons (Fsp3) is 0.160. The van der Waals surface area contributed by atoms with Gasteiger partial charge in [-0.1, -0.05) is 103 Å². The first-order valence-electron chi connectivity index (χ1n) is 10.1. The molecule has 1 heterocycles. The van der Waals surface area contributed by atoms with Crippen LogP contribution in [0.3, 0.4) is 0 Å². The lowest BCUT2D eigenvalue weighted by molar-refractivity contribution is -0.109. The first-order valence-corrected chi connectivity index (χ1v) is 12.0. The van der Waals surface area contributed by atoms with E-state index in [9.17, 15) is 4.79 Å². The molecule has 0 saturated heterocycles. The third-order valence-electron chi connectivity index (χ3n) is 4.98. The molecule has 0 atom stereocenters. The molecule has 0 bridgehead atoms. The number of aromatic nitrogens is 3. The van der Waals surface area contributed by atoms with Crippen molar-refractivity contribution in [1.82, 2.24) is 15.0 Å². The van der Waals surface area contributed by atoms with Crippen molar-refractivity contribution in [2.24, 2.45) is 0 Å². The van der Waals surface area contributed by atoms with Gasteiger partial charge in [0.25, 0.3) is 0 Å². The summed E-state index contributed by atoms with van der Waals surface area (Å²) >= 11 is 2.96. The number of hydrogen-bond acceptors (Lipinski definition) is 5. The maximum Gasteiger partial charge on any atom is 0.185 e. The molecule has 4 nitrogen and oxygen atoms in total. The molecule has 0 spiro atoms. The van der Waals surface area contributed by atoms with E-state index in [1.165, 1.54) is 11.8 Å². The smallest absolute Gasteiger partial charge is 0.185 e. The first-order chi connectivity index (χ1) is 15.2. The molecule has 0 aliphatic rings. The van der Waals surface area contributed by atoms with Crippen molar-refractivity contribution < 1.29 is 4.79 Å². The molecule has 0 saturated carbocycles. The van der Waals surface area contributed by atoms with Crippen LogP contribution in [0.25, 0.3) is 0 Å². The second-order valence-corrected chi connectivity index (χ2v) is 9.36. The van der Waals surface area contributed by atoms with E-state index in [1.54, 1.807) is 18.7 Å². The van der Waals surface area contributed by atoms with E-state index in [4.69, 9.17) is 10.2 Å². The van der Waals surface area contributed by atoms with Crippen molar-refractivity contribution in [3.63, 3.8) is 0 Å². The van der Waals surface area contributed by atoms with Gasteiger partial charge in [0.05, 0.1) is 6.20 Å². The summed E-state index contributed by atoms with van der Waals surface area (Å²) in [6, 6.07) is 31.1. The lowest BCUT2D eigenvalue weighted by Gasteiger charge is -2.34. The summed E-state index contributed by atoms with van der Waals surface area (Å²) in [6.07, 6.45) is 1.81. The highest BCUT2D eigenvalue weighted by Gasteiger charge is 2.40. The van der Waals surface area contributed by atoms with Crippen LogP contribution in [0.15, 0.2) is 102 Å². The van der Waals surface area contributed by atoms with Crippen molar-refractivity contribution in [3.8, 4) is 0 Å². The topological polar surface area (TPSA) is 47.8 Å². The van der Waals surface area contributed by atoms with E-state index in [0.717, 1.165) is 33.2 Å². The van der Waals surface area contributed by atoms with Crippen LogP contribution < -0.4 is 0 Å². The van der Waals surface area contributed by atoms with Crippen LogP contribution in [0.5, 0.6) is 0 Å². The Bertz CT molecular complexity index is 1020. The Morgan fingerprint density at radius 1 is 0.806 bits per heavy atom. The third kappa shape index (κ3) is 4.60. The average molecular weight is 446 g/mol. The standard InChI is InChI=1S/C25H23N3OS2/c1-20(29)30-17-18-31-24-19-26-28(27-24)25(21-11-5-2-6-12-21,22-13-7-3-8-14-22)23-15-9-4-10-16-23/h2-16,19H,17-18H2,1H3. The Kier molecular flexibility index (Phi) is 6.89. The van der Waals surface area contributed by atoms with Gasteiger partial charge in [0, 0.05) is 18.4 Å². The number of hydrogen-bond donors (Lipinski definition) is 0. The molecule has 4 rings (SSSR count). The van der Waals surface area contributed by atoms with Gasteiger partial charge < -0.3 is 0 Å². The van der Waals surface area contributed by atoms with E-state index >= 15 is 0 Å². The lowest BCUT2D eigenvalue weighted by atomic mass is 9.77. The van der Waals surface area contributed by atoms with E-state index in [1.807, 2.05) is 65.6 Å². The first kappa shape index (κ1) is 21.4. The highest BCUT2D eigenvalue weighted by atomic mass is 32.2. The van der Waals surface area contributed by atoms with Gasteiger partial charge in [-0.05, 0) is 16.7 Å². The van der Waals surface area contributed by atoms with Gasteiger partial charge in [-0.2, -0.15) is 9.90 Å². The quantitative estimate of drug-likeness (QED) is 0.204. The van der Waals surface area contributed by atoms with Crippen molar-refractivity contribution in [2.45, 2.75) is 17.5 Å². The summed E-state index contributed by atoms with van der Waals surface area (Å²) in [6.45, 7) is 1.60. The van der Waals surface area contributed by atoms with Crippen LogP contribution in [0, 0.1) is 0 Å². The summed E-state index contributed by atoms with van der Waals surface area (Å²) in [5.74, 6) is 1.56. The second kappa shape index (κ2) is 9.98. The fourth-order valence-electron chi connectivity index (χ4n) is 3.69. The zero-order valence-corrected chi connectivity index (χ0v) is 18.9. The Balaban J connectivity index is 1.83. The van der Waals surface area contributed by atoms with Gasteiger partial charge in [0.15, 0.2) is 10.7 Å². The van der Waals surface area contributed by atoms with Crippen molar-refractivity contribution >= 4 is 28.6 Å². The van der Waals surface area contributed by atoms with Gasteiger partial charge in [0.1, 0.15) is 5.03 Å². The van der Waals surface area contributed by atoms with Crippen molar-refractivity contribution in [2.75, 3.05) is 11.5 Å². The molecule has 0 fully saturated rings. The van der Waals surface area contributed by atoms with Gasteiger partial charge in [-0.3, -0.25) is 4.79 Å². The summed E-state index contributed by atoms with van der Waals surface area (Å²) < 4.78 is 0. The van der Waals surface area contributed by atoms with Gasteiger partial charge in [-0.25, -0.2) is 0 Å². The van der Waals surface area contributed by atoms with Crippen LogP contribution in [0.2, 0.25) is 0 Å². The maximum atomic E-state index is 11.2. The molecule has 0 aliphatic heterocycles. The zero-order chi connectivity index (χ0) is 21.5. The Hall–Kier alpha value is -2.83. The van der Waals surface area contributed by atoms with Crippen LogP contribution in [0.4, 0.5) is 0 Å². The van der Waals surface area contributed by atoms with Crippen molar-refractivity contribution in [1.29, 1.82) is 0 Å². The molecule has 3 aromatic carbocycles. The number of carbonyl (C=O) groups is 1. The van der Waals surface area contributed by atoms with Crippen LogP contribution in [0.1, 0.15) is 23.6 Å². The SMILES string of the molecule is CC(=O)SCCSc1cnn(C(c2ccccc2)(c2ccccc2)c2ccccc2)n1. The second-order valence-electron chi connectivity index (χ2n) is 6.97. The molecule has 31 heavy (non-hydrogen) atoms. The largest absolute Gasteiger partial charge is 0.288 e. The molecule has 1 aromatic heterocycles. The normalized spacial score (nSPS) is 11.4. The number of nitrogens with zero attached hydrogens (tertiary/aromatic N) is 3. The number of carbonyl (C=O) groups excluding carboxylic acids is 1. The predicted molar refractivity (Wildman–Crippen MR) is 128 cm³/mol. The van der Waals surface area contributed by atoms with E-state index < -0.39 is 5.54 Å². The predicted octanol–water partition coefficient (Wildman–Crippen LogP) is 5.49. The van der Waals surface area contributed by atoms with Gasteiger partial charge >= 0.3 is 0 Å². The molecule has 0 amide bonds. The van der Waals surface area contributed by atoms with E-state index in [2.05, 4.69) is 36.4 Å². The molecule has 0 N–H and O–H groups in total. The molecule has 156 valence electrons. The zero-order valence-electron chi connectivity index (χ0n) is 17.2. The summed E-state index contributed by atoms with van der Waals surface area (Å²) in [7, 11) is 0. The van der Waals surface area contributed by atoms with Crippen LogP contribution in [-0.2, 0) is 10.3 Å². The molecule has 6 heteroatoms. The van der Waals surface area contributed by atoms with E-state index in [-0.39, 0.29) is 5.12 Å². The Morgan fingerprint density at radius 3 is 1.74 bits per heavy atom. The Morgan fingerprint density at radius 2 is 1.29 bits per heavy atom. The minimum Gasteiger partial charge on any atom is -0.288 e. The fourth-order valence-corrected chi connectivity index (χ4v) is 5.11. The molecular weight excluding hydrogens is 422 g/mol. The monoisotopic (exact) mass is 445 g/mol. The third-order valence-corrected chi connectivity index (χ3v) is 6.95. The summed E-state index contributed by atoms with van der Waals surface area (Å²) in [5, 5.41) is 10.6. The highest BCUT2D eigenvalue weighted by Crippen LogP contribution is 2.40. The number of thioether (sulfide) groups is 2. The lowest BCUT2D eigenvalue weighted by Crippen LogP contribution is -2.39.